The minimum atomic E-state index is -0.378. The lowest BCUT2D eigenvalue weighted by Crippen LogP contribution is -2.59. The van der Waals surface area contributed by atoms with Crippen molar-refractivity contribution >= 4 is 23.4 Å². The van der Waals surface area contributed by atoms with E-state index in [1.165, 1.54) is 17.1 Å². The number of nitrogens with one attached hydrogen (secondary N) is 2. The first-order chi connectivity index (χ1) is 14.5. The topological polar surface area (TPSA) is 78.5 Å². The number of hydrogen-bond acceptors (Lipinski definition) is 3. The quantitative estimate of drug-likeness (QED) is 0.748. The highest BCUT2D eigenvalue weighted by Gasteiger charge is 2.42. The van der Waals surface area contributed by atoms with Gasteiger partial charge < -0.3 is 5.32 Å². The van der Waals surface area contributed by atoms with E-state index < -0.39 is 0 Å². The minimum absolute atomic E-state index is 0.169. The molecule has 3 amide bonds. The summed E-state index contributed by atoms with van der Waals surface area (Å²) in [5.74, 6) is -1.65. The second-order valence-electron chi connectivity index (χ2n) is 7.49. The molecule has 2 N–H and O–H groups in total. The van der Waals surface area contributed by atoms with Gasteiger partial charge in [-0.25, -0.2) is 9.40 Å². The van der Waals surface area contributed by atoms with Gasteiger partial charge in [0.05, 0.1) is 17.5 Å². The maximum Gasteiger partial charge on any atom is 0.251 e. The number of amides is 3. The Bertz CT molecular complexity index is 1000. The highest BCUT2D eigenvalue weighted by molar-refractivity contribution is 6.05. The third kappa shape index (κ3) is 4.10. The van der Waals surface area contributed by atoms with Gasteiger partial charge in [-0.15, -0.1) is 0 Å². The molecule has 1 fully saturated rings. The Morgan fingerprint density at radius 1 is 1.07 bits per heavy atom. The number of carbonyl (C=O) groups is 3. The van der Waals surface area contributed by atoms with Crippen molar-refractivity contribution in [3.8, 4) is 0 Å². The average Bonchev–Trinajstić information content (AvgIpc) is 2.77. The first-order valence-corrected chi connectivity index (χ1v) is 9.95. The van der Waals surface area contributed by atoms with Gasteiger partial charge >= 0.3 is 0 Å². The molecule has 0 spiro atoms. The molecule has 154 valence electrons. The van der Waals surface area contributed by atoms with E-state index in [2.05, 4.69) is 10.7 Å². The van der Waals surface area contributed by atoms with Crippen molar-refractivity contribution in [2.45, 2.75) is 19.3 Å². The number of carbonyl (C=O) groups excluding carboxylic acids is 3. The Hall–Kier alpha value is -3.48. The molecular formula is C23H22FN3O3. The zero-order valence-corrected chi connectivity index (χ0v) is 16.3. The summed E-state index contributed by atoms with van der Waals surface area (Å²) in [6.45, 7) is 0.393. The Kier molecular flexibility index (Phi) is 5.61. The van der Waals surface area contributed by atoms with Gasteiger partial charge in [0.1, 0.15) is 5.82 Å². The van der Waals surface area contributed by atoms with Crippen molar-refractivity contribution in [2.75, 3.05) is 11.6 Å². The lowest BCUT2D eigenvalue weighted by molar-refractivity contribution is -0.139. The number of nitrogens with zero attached hydrogens (tertiary/aromatic N) is 1. The molecule has 2 aliphatic rings. The fraction of sp³-hybridized carbons (Fsp3) is 0.261. The van der Waals surface area contributed by atoms with E-state index in [1.54, 1.807) is 36.4 Å². The second-order valence-corrected chi connectivity index (χ2v) is 7.49. The van der Waals surface area contributed by atoms with E-state index in [0.717, 1.165) is 5.56 Å². The molecular weight excluding hydrogens is 385 g/mol. The number of anilines is 1. The van der Waals surface area contributed by atoms with Gasteiger partial charge in [0.25, 0.3) is 5.91 Å². The fourth-order valence-corrected chi connectivity index (χ4v) is 3.84. The maximum atomic E-state index is 13.0. The van der Waals surface area contributed by atoms with Gasteiger partial charge in [-0.05, 0) is 55.2 Å². The van der Waals surface area contributed by atoms with Crippen LogP contribution in [0.1, 0.15) is 28.8 Å². The van der Waals surface area contributed by atoms with Gasteiger partial charge in [-0.1, -0.05) is 30.4 Å². The van der Waals surface area contributed by atoms with E-state index in [9.17, 15) is 18.8 Å². The third-order valence-electron chi connectivity index (χ3n) is 5.51. The van der Waals surface area contributed by atoms with Crippen molar-refractivity contribution in [1.82, 2.24) is 10.7 Å². The van der Waals surface area contributed by atoms with Crippen LogP contribution < -0.4 is 15.8 Å². The number of benzene rings is 2. The second kappa shape index (κ2) is 8.49. The summed E-state index contributed by atoms with van der Waals surface area (Å²) in [4.78, 5) is 37.8. The van der Waals surface area contributed by atoms with Crippen LogP contribution in [0.4, 0.5) is 10.1 Å². The largest absolute Gasteiger partial charge is 0.352 e. The molecule has 30 heavy (non-hydrogen) atoms. The van der Waals surface area contributed by atoms with E-state index in [4.69, 9.17) is 0 Å². The first-order valence-electron chi connectivity index (χ1n) is 9.95. The molecule has 4 rings (SSSR count). The van der Waals surface area contributed by atoms with Crippen molar-refractivity contribution in [3.63, 3.8) is 0 Å². The fourth-order valence-electron chi connectivity index (χ4n) is 3.84. The summed E-state index contributed by atoms with van der Waals surface area (Å²) >= 11 is 0. The number of hydrazine groups is 1. The number of fused-ring (bicyclic) bond motifs is 1. The minimum Gasteiger partial charge on any atom is -0.352 e. The number of rotatable bonds is 5. The van der Waals surface area contributed by atoms with Crippen molar-refractivity contribution in [2.24, 2.45) is 11.8 Å². The summed E-state index contributed by atoms with van der Waals surface area (Å²) in [7, 11) is 0. The average molecular weight is 407 g/mol. The van der Waals surface area contributed by atoms with Crippen LogP contribution in [0.5, 0.6) is 0 Å². The van der Waals surface area contributed by atoms with Crippen molar-refractivity contribution < 1.29 is 18.8 Å². The molecule has 1 aliphatic carbocycles. The normalized spacial score (nSPS) is 20.5. The highest BCUT2D eigenvalue weighted by Crippen LogP contribution is 2.32. The summed E-state index contributed by atoms with van der Waals surface area (Å²) < 4.78 is 13.0. The van der Waals surface area contributed by atoms with E-state index >= 15 is 0 Å². The molecule has 0 bridgehead atoms. The number of allylic oxidation sites excluding steroid dienone is 2. The summed E-state index contributed by atoms with van der Waals surface area (Å²) in [6, 6.07) is 12.7. The smallest absolute Gasteiger partial charge is 0.251 e. The number of halogens is 1. The molecule has 1 aliphatic heterocycles. The summed E-state index contributed by atoms with van der Waals surface area (Å²) in [5, 5.41) is 4.07. The summed E-state index contributed by atoms with van der Waals surface area (Å²) in [6.07, 6.45) is 5.54. The number of hydrogen-bond donors (Lipinski definition) is 2. The van der Waals surface area contributed by atoms with Crippen LogP contribution in [0.2, 0.25) is 0 Å². The zero-order chi connectivity index (χ0) is 21.1. The van der Waals surface area contributed by atoms with E-state index in [1.807, 2.05) is 12.2 Å². The summed E-state index contributed by atoms with van der Waals surface area (Å²) in [5.41, 5.74) is 4.42. The molecule has 0 saturated carbocycles. The standard InChI is InChI=1S/C23H22FN3O3/c24-17-10-8-15(9-11-17)12-13-25-21(28)16-4-3-5-18(14-16)27-23(30)20-7-2-1-6-19(20)22(29)26-27/h1-5,8-11,14,19-20H,6-7,12-13H2,(H,25,28)(H,26,29). The molecule has 2 atom stereocenters. The lowest BCUT2D eigenvalue weighted by atomic mass is 9.80. The Balaban J connectivity index is 1.42. The molecule has 0 aromatic heterocycles. The van der Waals surface area contributed by atoms with Crippen LogP contribution in [0.25, 0.3) is 0 Å². The SMILES string of the molecule is O=C(NCCc1ccc(F)cc1)c1cccc(N2NC(=O)C3CC=CCC3C2=O)c1. The van der Waals surface area contributed by atoms with Crippen LogP contribution in [-0.4, -0.2) is 24.3 Å². The van der Waals surface area contributed by atoms with Crippen LogP contribution in [0.15, 0.2) is 60.7 Å². The molecule has 6 nitrogen and oxygen atoms in total. The van der Waals surface area contributed by atoms with Gasteiger partial charge in [0.2, 0.25) is 11.8 Å². The Morgan fingerprint density at radius 3 is 2.57 bits per heavy atom. The molecule has 2 aromatic carbocycles. The van der Waals surface area contributed by atoms with Crippen LogP contribution in [-0.2, 0) is 16.0 Å². The van der Waals surface area contributed by atoms with Gasteiger partial charge in [-0.3, -0.25) is 19.8 Å². The molecule has 2 aromatic rings. The van der Waals surface area contributed by atoms with E-state index in [-0.39, 0.29) is 35.4 Å². The first kappa shape index (κ1) is 19.8. The van der Waals surface area contributed by atoms with E-state index in [0.29, 0.717) is 37.1 Å². The molecule has 1 heterocycles. The predicted octanol–water partition coefficient (Wildman–Crippen LogP) is 2.76. The Morgan fingerprint density at radius 2 is 1.80 bits per heavy atom. The van der Waals surface area contributed by atoms with Crippen LogP contribution in [0, 0.1) is 17.7 Å². The highest BCUT2D eigenvalue weighted by atomic mass is 19.1. The Labute approximate surface area is 173 Å². The molecule has 0 radical (unpaired) electrons. The predicted molar refractivity (Wildman–Crippen MR) is 110 cm³/mol. The van der Waals surface area contributed by atoms with Gasteiger partial charge in [-0.2, -0.15) is 0 Å². The van der Waals surface area contributed by atoms with Crippen molar-refractivity contribution in [1.29, 1.82) is 0 Å². The third-order valence-corrected chi connectivity index (χ3v) is 5.51. The van der Waals surface area contributed by atoms with Crippen LogP contribution in [0.3, 0.4) is 0 Å². The van der Waals surface area contributed by atoms with Crippen molar-refractivity contribution in [3.05, 3.63) is 77.6 Å². The maximum absolute atomic E-state index is 13.0. The van der Waals surface area contributed by atoms with Crippen LogP contribution >= 0.6 is 0 Å². The zero-order valence-electron chi connectivity index (χ0n) is 16.3. The van der Waals surface area contributed by atoms with Gasteiger partial charge in [0.15, 0.2) is 0 Å². The molecule has 1 saturated heterocycles. The molecule has 2 unspecified atom stereocenters. The monoisotopic (exact) mass is 407 g/mol. The lowest BCUT2D eigenvalue weighted by Gasteiger charge is -2.38. The molecule has 7 heteroatoms. The van der Waals surface area contributed by atoms with Gasteiger partial charge in [0, 0.05) is 12.1 Å².